The number of carbonyl (C=O) groups is 1. The van der Waals surface area contributed by atoms with Gasteiger partial charge in [-0.15, -0.1) is 0 Å². The summed E-state index contributed by atoms with van der Waals surface area (Å²) in [6.07, 6.45) is 5.74. The molecule has 0 aliphatic heterocycles. The van der Waals surface area contributed by atoms with Crippen LogP contribution in [0.25, 0.3) is 4.85 Å². The minimum atomic E-state index is -0.495. The van der Waals surface area contributed by atoms with E-state index in [4.69, 9.17) is 6.57 Å². The fraction of sp³-hybridized carbons (Fsp3) is 0.562. The number of hydrogen-bond acceptors (Lipinski definition) is 2. The second kappa shape index (κ2) is 3.82. The average Bonchev–Trinajstić information content (AvgIpc) is 2.77. The summed E-state index contributed by atoms with van der Waals surface area (Å²) in [4.78, 5) is 16.0. The van der Waals surface area contributed by atoms with Crippen LogP contribution in [0.3, 0.4) is 0 Å². The SMILES string of the molecule is [C-]#[N+]C1=C[C@]2(C)c3c(cnn3C)CC[C@H]2C(C)(C)C1=O. The monoisotopic (exact) mass is 269 g/mol. The Morgan fingerprint density at radius 2 is 2.15 bits per heavy atom. The maximum absolute atomic E-state index is 12.5. The summed E-state index contributed by atoms with van der Waals surface area (Å²) in [5.41, 5.74) is 1.91. The van der Waals surface area contributed by atoms with Crippen molar-refractivity contribution in [3.8, 4) is 0 Å². The molecule has 0 N–H and O–H groups in total. The van der Waals surface area contributed by atoms with E-state index in [1.165, 1.54) is 5.56 Å². The number of Topliss-reactive ketones (excluding diaryl/α,β-unsaturated/α-hetero) is 1. The third-order valence-corrected chi connectivity index (χ3v) is 5.20. The number of aromatic nitrogens is 2. The standard InChI is InChI=1S/C16H19N3O/c1-15(2)12-7-6-10-9-18-19(5)13(10)16(12,3)8-11(17-4)14(15)20/h8-9,12H,6-7H2,1-3,5H3/t12-,16-/m0/s1. The van der Waals surface area contributed by atoms with Gasteiger partial charge in [-0.1, -0.05) is 26.8 Å². The van der Waals surface area contributed by atoms with E-state index >= 15 is 0 Å². The normalized spacial score (nSPS) is 31.1. The lowest BCUT2D eigenvalue weighted by atomic mass is 9.53. The molecular weight excluding hydrogens is 250 g/mol. The van der Waals surface area contributed by atoms with Gasteiger partial charge in [-0.2, -0.15) is 5.10 Å². The Kier molecular flexibility index (Phi) is 2.50. The van der Waals surface area contributed by atoms with E-state index in [0.29, 0.717) is 0 Å². The fourth-order valence-corrected chi connectivity index (χ4v) is 4.33. The maximum atomic E-state index is 12.5. The Bertz CT molecular complexity index is 674. The molecule has 0 saturated heterocycles. The van der Waals surface area contributed by atoms with E-state index in [-0.39, 0.29) is 22.8 Å². The molecule has 0 radical (unpaired) electrons. The molecule has 0 saturated carbocycles. The smallest absolute Gasteiger partial charge is 0.226 e. The Morgan fingerprint density at radius 1 is 1.45 bits per heavy atom. The molecule has 4 nitrogen and oxygen atoms in total. The Morgan fingerprint density at radius 3 is 2.80 bits per heavy atom. The van der Waals surface area contributed by atoms with E-state index < -0.39 is 5.41 Å². The maximum Gasteiger partial charge on any atom is 0.226 e. The quantitative estimate of drug-likeness (QED) is 0.679. The van der Waals surface area contributed by atoms with Crippen LogP contribution in [0.1, 0.15) is 38.4 Å². The van der Waals surface area contributed by atoms with Gasteiger partial charge in [0.2, 0.25) is 5.70 Å². The number of rotatable bonds is 0. The van der Waals surface area contributed by atoms with Gasteiger partial charge >= 0.3 is 0 Å². The van der Waals surface area contributed by atoms with Crippen molar-refractivity contribution in [1.82, 2.24) is 9.78 Å². The fourth-order valence-electron chi connectivity index (χ4n) is 4.33. The number of allylic oxidation sites excluding steroid dienone is 2. The lowest BCUT2D eigenvalue weighted by Gasteiger charge is -2.50. The zero-order chi connectivity index (χ0) is 14.7. The van der Waals surface area contributed by atoms with Crippen molar-refractivity contribution in [2.24, 2.45) is 18.4 Å². The summed E-state index contributed by atoms with van der Waals surface area (Å²) in [7, 11) is 1.95. The van der Waals surface area contributed by atoms with Gasteiger partial charge in [0.05, 0.1) is 12.8 Å². The van der Waals surface area contributed by atoms with Crippen molar-refractivity contribution in [2.75, 3.05) is 0 Å². The van der Waals surface area contributed by atoms with Crippen LogP contribution in [0.15, 0.2) is 18.0 Å². The largest absolute Gasteiger partial charge is 0.307 e. The molecule has 0 fully saturated rings. The van der Waals surface area contributed by atoms with Crippen LogP contribution < -0.4 is 0 Å². The highest BCUT2D eigenvalue weighted by Gasteiger charge is 2.54. The third kappa shape index (κ3) is 1.41. The van der Waals surface area contributed by atoms with Crippen LogP contribution >= 0.6 is 0 Å². The predicted octanol–water partition coefficient (Wildman–Crippen LogP) is 2.65. The molecular formula is C16H19N3O. The molecule has 2 atom stereocenters. The molecule has 104 valence electrons. The first-order chi connectivity index (χ1) is 9.32. The number of ketones is 1. The summed E-state index contributed by atoms with van der Waals surface area (Å²) >= 11 is 0. The van der Waals surface area contributed by atoms with Gasteiger partial charge in [-0.05, 0) is 24.3 Å². The highest BCUT2D eigenvalue weighted by atomic mass is 16.1. The van der Waals surface area contributed by atoms with E-state index in [2.05, 4.69) is 16.9 Å². The lowest BCUT2D eigenvalue weighted by Crippen LogP contribution is -2.51. The van der Waals surface area contributed by atoms with Gasteiger partial charge in [0.25, 0.3) is 0 Å². The van der Waals surface area contributed by atoms with Crippen LogP contribution in [-0.2, 0) is 23.7 Å². The lowest BCUT2D eigenvalue weighted by molar-refractivity contribution is -0.128. The average molecular weight is 269 g/mol. The van der Waals surface area contributed by atoms with Gasteiger partial charge in [0.15, 0.2) is 5.78 Å². The van der Waals surface area contributed by atoms with E-state index in [1.807, 2.05) is 37.8 Å². The Labute approximate surface area is 119 Å². The van der Waals surface area contributed by atoms with Crippen LogP contribution in [-0.4, -0.2) is 15.6 Å². The van der Waals surface area contributed by atoms with Crippen molar-refractivity contribution in [3.05, 3.63) is 40.6 Å². The van der Waals surface area contributed by atoms with Crippen LogP contribution in [0.5, 0.6) is 0 Å². The van der Waals surface area contributed by atoms with E-state index in [1.54, 1.807) is 0 Å². The molecule has 2 aliphatic rings. The molecule has 20 heavy (non-hydrogen) atoms. The van der Waals surface area contributed by atoms with Crippen molar-refractivity contribution < 1.29 is 4.79 Å². The zero-order valence-electron chi connectivity index (χ0n) is 12.4. The minimum Gasteiger partial charge on any atom is -0.307 e. The molecule has 0 unspecified atom stereocenters. The van der Waals surface area contributed by atoms with E-state index in [9.17, 15) is 4.79 Å². The number of nitrogens with zero attached hydrogens (tertiary/aromatic N) is 3. The van der Waals surface area contributed by atoms with Crippen LogP contribution in [0.2, 0.25) is 0 Å². The predicted molar refractivity (Wildman–Crippen MR) is 75.8 cm³/mol. The van der Waals surface area contributed by atoms with Gasteiger partial charge in [0, 0.05) is 23.6 Å². The van der Waals surface area contributed by atoms with Crippen molar-refractivity contribution >= 4 is 5.78 Å². The molecule has 0 spiro atoms. The highest BCUT2D eigenvalue weighted by molar-refractivity contribution is 6.02. The number of fused-ring (bicyclic) bond motifs is 3. The first-order valence-electron chi connectivity index (χ1n) is 6.99. The minimum absolute atomic E-state index is 0.0133. The van der Waals surface area contributed by atoms with Gasteiger partial charge < -0.3 is 4.79 Å². The molecule has 3 rings (SSSR count). The molecule has 1 heterocycles. The molecule has 1 aromatic rings. The molecule has 0 bridgehead atoms. The summed E-state index contributed by atoms with van der Waals surface area (Å²) in [5.74, 6) is 0.205. The molecule has 4 heteroatoms. The second-order valence-electron chi connectivity index (χ2n) is 6.71. The third-order valence-electron chi connectivity index (χ3n) is 5.20. The first kappa shape index (κ1) is 13.1. The van der Waals surface area contributed by atoms with Gasteiger partial charge in [0.1, 0.15) is 0 Å². The van der Waals surface area contributed by atoms with Crippen LogP contribution in [0, 0.1) is 17.9 Å². The van der Waals surface area contributed by atoms with E-state index in [0.717, 1.165) is 18.5 Å². The molecule has 0 amide bonds. The summed E-state index contributed by atoms with van der Waals surface area (Å²) in [6.45, 7) is 13.4. The summed E-state index contributed by atoms with van der Waals surface area (Å²) < 4.78 is 1.91. The van der Waals surface area contributed by atoms with Crippen molar-refractivity contribution in [3.63, 3.8) is 0 Å². The Hall–Kier alpha value is -1.89. The zero-order valence-corrected chi connectivity index (χ0v) is 12.4. The second-order valence-corrected chi connectivity index (χ2v) is 6.71. The highest BCUT2D eigenvalue weighted by Crippen LogP contribution is 2.54. The van der Waals surface area contributed by atoms with Gasteiger partial charge in [-0.25, -0.2) is 4.85 Å². The Balaban J connectivity index is 2.31. The molecule has 1 aromatic heterocycles. The molecule has 2 aliphatic carbocycles. The first-order valence-corrected chi connectivity index (χ1v) is 6.99. The topological polar surface area (TPSA) is 39.2 Å². The number of hydrogen-bond donors (Lipinski definition) is 0. The van der Waals surface area contributed by atoms with Crippen molar-refractivity contribution in [1.29, 1.82) is 0 Å². The van der Waals surface area contributed by atoms with Crippen LogP contribution in [0.4, 0.5) is 0 Å². The van der Waals surface area contributed by atoms with Crippen molar-refractivity contribution in [2.45, 2.75) is 39.0 Å². The summed E-state index contributed by atoms with van der Waals surface area (Å²) in [5, 5.41) is 4.38. The summed E-state index contributed by atoms with van der Waals surface area (Å²) in [6, 6.07) is 0. The molecule has 0 aromatic carbocycles. The van der Waals surface area contributed by atoms with Gasteiger partial charge in [-0.3, -0.25) is 4.68 Å². The number of carbonyl (C=O) groups excluding carboxylic acids is 1. The number of aryl methyl sites for hydroxylation is 2.